The van der Waals surface area contributed by atoms with E-state index in [-0.39, 0.29) is 17.8 Å². The van der Waals surface area contributed by atoms with E-state index in [0.717, 1.165) is 5.56 Å². The third-order valence-corrected chi connectivity index (χ3v) is 6.04. The number of hydrogen-bond donors (Lipinski definition) is 1. The molecular weight excluding hydrogens is 340 g/mol. The number of nitrogens with zero attached hydrogens (tertiary/aromatic N) is 3. The second-order valence-corrected chi connectivity index (χ2v) is 8.52. The highest BCUT2D eigenvalue weighted by Crippen LogP contribution is 2.31. The Kier molecular flexibility index (Phi) is 5.21. The fourth-order valence-electron chi connectivity index (χ4n) is 3.15. The molecule has 0 radical (unpaired) electrons. The third kappa shape index (κ3) is 4.26. The maximum absolute atomic E-state index is 12.0. The van der Waals surface area contributed by atoms with Gasteiger partial charge in [-0.2, -0.15) is 4.98 Å². The normalized spacial score (nSPS) is 21.7. The van der Waals surface area contributed by atoms with Crippen molar-refractivity contribution in [3.8, 4) is 11.4 Å². The van der Waals surface area contributed by atoms with Gasteiger partial charge >= 0.3 is 0 Å². The van der Waals surface area contributed by atoms with E-state index >= 15 is 0 Å². The second kappa shape index (κ2) is 7.23. The Bertz CT molecular complexity index is 817. The summed E-state index contributed by atoms with van der Waals surface area (Å²) in [7, 11) is -1.29. The topological polar surface area (TPSA) is 88.3 Å². The average molecular weight is 364 g/mol. The molecule has 0 aliphatic carbocycles. The molecule has 8 heteroatoms. The molecule has 7 nitrogen and oxygen atoms in total. The van der Waals surface area contributed by atoms with Gasteiger partial charge in [-0.05, 0) is 26.8 Å². The van der Waals surface area contributed by atoms with Gasteiger partial charge < -0.3 is 4.52 Å². The van der Waals surface area contributed by atoms with Crippen LogP contribution >= 0.6 is 0 Å². The Morgan fingerprint density at radius 2 is 2.04 bits per heavy atom. The molecule has 25 heavy (non-hydrogen) atoms. The van der Waals surface area contributed by atoms with Crippen LogP contribution in [0.2, 0.25) is 0 Å². The van der Waals surface area contributed by atoms with Gasteiger partial charge in [0, 0.05) is 18.2 Å². The van der Waals surface area contributed by atoms with Gasteiger partial charge in [0.05, 0.1) is 11.8 Å². The van der Waals surface area contributed by atoms with E-state index in [1.54, 1.807) is 0 Å². The van der Waals surface area contributed by atoms with E-state index in [9.17, 15) is 8.42 Å². The maximum Gasteiger partial charge on any atom is 0.244 e. The highest BCUT2D eigenvalue weighted by atomic mass is 32.2. The highest BCUT2D eigenvalue weighted by molar-refractivity contribution is 7.89. The highest BCUT2D eigenvalue weighted by Gasteiger charge is 2.36. The number of aromatic nitrogens is 2. The zero-order chi connectivity index (χ0) is 18.0. The van der Waals surface area contributed by atoms with Crippen LogP contribution in [-0.2, 0) is 10.0 Å². The number of sulfonamides is 1. The van der Waals surface area contributed by atoms with Crippen LogP contribution in [0.5, 0.6) is 0 Å². The molecule has 1 fully saturated rings. The molecule has 136 valence electrons. The second-order valence-electron chi connectivity index (χ2n) is 6.65. The van der Waals surface area contributed by atoms with Crippen LogP contribution < -0.4 is 4.72 Å². The predicted octanol–water partition coefficient (Wildman–Crippen LogP) is 2.12. The summed E-state index contributed by atoms with van der Waals surface area (Å²) < 4.78 is 32.2. The van der Waals surface area contributed by atoms with Crippen LogP contribution in [0.15, 0.2) is 28.8 Å². The molecule has 2 heterocycles. The Labute approximate surface area is 148 Å². The van der Waals surface area contributed by atoms with E-state index in [2.05, 4.69) is 14.9 Å². The zero-order valence-corrected chi connectivity index (χ0v) is 15.6. The van der Waals surface area contributed by atoms with Crippen LogP contribution in [-0.4, -0.2) is 48.8 Å². The van der Waals surface area contributed by atoms with Gasteiger partial charge in [-0.3, -0.25) is 4.90 Å². The summed E-state index contributed by atoms with van der Waals surface area (Å²) in [5.41, 5.74) is 2.08. The van der Waals surface area contributed by atoms with Crippen LogP contribution in [0.1, 0.15) is 37.3 Å². The summed E-state index contributed by atoms with van der Waals surface area (Å²) in [5.74, 6) is 1.23. The van der Waals surface area contributed by atoms with Gasteiger partial charge in [0.15, 0.2) is 0 Å². The van der Waals surface area contributed by atoms with Crippen molar-refractivity contribution in [3.05, 3.63) is 35.7 Å². The van der Waals surface area contributed by atoms with Gasteiger partial charge in [0.25, 0.3) is 0 Å². The molecule has 0 amide bonds. The molecule has 1 aliphatic rings. The number of hydrogen-bond acceptors (Lipinski definition) is 6. The summed E-state index contributed by atoms with van der Waals surface area (Å²) in [6, 6.07) is 7.72. The van der Waals surface area contributed by atoms with Crippen molar-refractivity contribution in [3.63, 3.8) is 0 Å². The van der Waals surface area contributed by atoms with E-state index in [1.807, 2.05) is 50.1 Å². The van der Waals surface area contributed by atoms with Crippen LogP contribution in [0.3, 0.4) is 0 Å². The molecule has 1 aliphatic heterocycles. The lowest BCUT2D eigenvalue weighted by molar-refractivity contribution is 0.244. The third-order valence-electron chi connectivity index (χ3n) is 4.40. The van der Waals surface area contributed by atoms with Crippen LogP contribution in [0, 0.1) is 6.92 Å². The lowest BCUT2D eigenvalue weighted by atomic mass is 10.1. The van der Waals surface area contributed by atoms with Gasteiger partial charge in [0.1, 0.15) is 0 Å². The lowest BCUT2D eigenvalue weighted by Crippen LogP contribution is -2.37. The minimum absolute atomic E-state index is 0.0824. The molecule has 0 saturated carbocycles. The summed E-state index contributed by atoms with van der Waals surface area (Å²) >= 11 is 0. The Hall–Kier alpha value is -1.77. The average Bonchev–Trinajstić information content (AvgIpc) is 3.14. The molecule has 0 bridgehead atoms. The van der Waals surface area contributed by atoms with Gasteiger partial charge in [-0.15, -0.1) is 0 Å². The fourth-order valence-corrected chi connectivity index (χ4v) is 4.48. The van der Waals surface area contributed by atoms with E-state index < -0.39 is 10.0 Å². The predicted molar refractivity (Wildman–Crippen MR) is 95.5 cm³/mol. The zero-order valence-electron chi connectivity index (χ0n) is 14.8. The number of benzene rings is 1. The first kappa shape index (κ1) is 18.0. The fraction of sp³-hybridized carbons (Fsp3) is 0.529. The molecule has 2 aromatic rings. The summed E-state index contributed by atoms with van der Waals surface area (Å²) in [6.45, 7) is 4.50. The first-order chi connectivity index (χ1) is 11.9. The minimum atomic E-state index is -3.23. The lowest BCUT2D eigenvalue weighted by Gasteiger charge is -2.14. The van der Waals surface area contributed by atoms with E-state index in [1.165, 1.54) is 5.56 Å². The smallest absolute Gasteiger partial charge is 0.244 e. The molecule has 3 rings (SSSR count). The van der Waals surface area contributed by atoms with Crippen molar-refractivity contribution in [2.75, 3.05) is 19.3 Å². The Morgan fingerprint density at radius 1 is 1.32 bits per heavy atom. The number of aryl methyl sites for hydroxylation is 1. The molecule has 1 saturated heterocycles. The molecular formula is C17H24N4O3S. The summed E-state index contributed by atoms with van der Waals surface area (Å²) in [4.78, 5) is 6.56. The van der Waals surface area contributed by atoms with Gasteiger partial charge in [-0.25, -0.2) is 13.1 Å². The molecule has 1 N–H and O–H groups in total. The van der Waals surface area contributed by atoms with E-state index in [4.69, 9.17) is 4.52 Å². The standard InChI is InChI=1S/C17H24N4O3S/c1-4-9-25(22,23)20-14-10-15(21(3)11-14)17-18-16(19-24-17)13-7-5-12(2)6-8-13/h5-8,14-15,20H,4,9-11H2,1-3H3/t14-,15-/m0/s1. The molecule has 2 atom stereocenters. The first-order valence-electron chi connectivity index (χ1n) is 8.49. The van der Waals surface area contributed by atoms with Crippen molar-refractivity contribution in [2.45, 2.75) is 38.8 Å². The van der Waals surface area contributed by atoms with Crippen molar-refractivity contribution in [2.24, 2.45) is 0 Å². The first-order valence-corrected chi connectivity index (χ1v) is 10.1. The number of likely N-dealkylation sites (N-methyl/N-ethyl adjacent to an activating group) is 1. The molecule has 1 aromatic heterocycles. The SMILES string of the molecule is CCCS(=O)(=O)N[C@H]1C[C@@H](c2nc(-c3ccc(C)cc3)no2)N(C)C1. The Morgan fingerprint density at radius 3 is 2.72 bits per heavy atom. The van der Waals surface area contributed by atoms with E-state index in [0.29, 0.717) is 31.1 Å². The van der Waals surface area contributed by atoms with Crippen molar-refractivity contribution >= 4 is 10.0 Å². The monoisotopic (exact) mass is 364 g/mol. The van der Waals surface area contributed by atoms with Crippen LogP contribution in [0.25, 0.3) is 11.4 Å². The van der Waals surface area contributed by atoms with Gasteiger partial charge in [-0.1, -0.05) is 41.9 Å². The van der Waals surface area contributed by atoms with Crippen molar-refractivity contribution < 1.29 is 12.9 Å². The quantitative estimate of drug-likeness (QED) is 0.845. The number of nitrogens with one attached hydrogen (secondary N) is 1. The molecule has 1 aromatic carbocycles. The van der Waals surface area contributed by atoms with Gasteiger partial charge in [0.2, 0.25) is 21.7 Å². The number of likely N-dealkylation sites (tertiary alicyclic amines) is 1. The summed E-state index contributed by atoms with van der Waals surface area (Å²) in [5, 5.41) is 4.07. The number of rotatable bonds is 6. The van der Waals surface area contributed by atoms with Crippen molar-refractivity contribution in [1.82, 2.24) is 19.8 Å². The van der Waals surface area contributed by atoms with Crippen LogP contribution in [0.4, 0.5) is 0 Å². The minimum Gasteiger partial charge on any atom is -0.337 e. The summed E-state index contributed by atoms with van der Waals surface area (Å²) in [6.07, 6.45) is 1.22. The molecule has 0 unspecified atom stereocenters. The Balaban J connectivity index is 1.71. The van der Waals surface area contributed by atoms with Crippen molar-refractivity contribution in [1.29, 1.82) is 0 Å². The molecule has 0 spiro atoms. The largest absolute Gasteiger partial charge is 0.337 e. The maximum atomic E-state index is 12.0.